The van der Waals surface area contributed by atoms with Gasteiger partial charge in [-0.3, -0.25) is 9.78 Å². The van der Waals surface area contributed by atoms with Crippen LogP contribution in [0.25, 0.3) is 11.1 Å². The van der Waals surface area contributed by atoms with Crippen LogP contribution in [-0.2, 0) is 0 Å². The molecule has 3 radical (unpaired) electrons. The molecule has 3 rings (SSSR count). The average Bonchev–Trinajstić information content (AvgIpc) is 2.75. The molecule has 1 aromatic carbocycles. The van der Waals surface area contributed by atoms with Crippen LogP contribution in [0.4, 0.5) is 0 Å². The van der Waals surface area contributed by atoms with E-state index in [2.05, 4.69) is 10.2 Å². The van der Waals surface area contributed by atoms with Crippen LogP contribution in [0.5, 0.6) is 0 Å². The highest BCUT2D eigenvalue weighted by Crippen LogP contribution is 2.19. The Bertz CT molecular complexity index is 613. The summed E-state index contributed by atoms with van der Waals surface area (Å²) in [6.45, 7) is 0. The highest BCUT2D eigenvalue weighted by atomic mass is 16.1. The third-order valence-corrected chi connectivity index (χ3v) is 2.90. The van der Waals surface area contributed by atoms with Crippen molar-refractivity contribution in [3.63, 3.8) is 0 Å². The number of amides is 1. The van der Waals surface area contributed by atoms with Gasteiger partial charge in [0.1, 0.15) is 0 Å². The van der Waals surface area contributed by atoms with Crippen molar-refractivity contribution in [2.24, 2.45) is 0 Å². The first-order valence-electron chi connectivity index (χ1n) is 5.24. The SMILES string of the molecule is [B]NC(=O)c1ccc2c(c1)[B]c1cnccc1-2. The minimum Gasteiger partial charge on any atom is -0.405 e. The highest BCUT2D eigenvalue weighted by molar-refractivity contribution is 6.73. The Morgan fingerprint density at radius 2 is 2.06 bits per heavy atom. The summed E-state index contributed by atoms with van der Waals surface area (Å²) in [7, 11) is 7.13. The molecular formula is C12H7B2N2O. The van der Waals surface area contributed by atoms with E-state index >= 15 is 0 Å². The smallest absolute Gasteiger partial charge is 0.238 e. The lowest BCUT2D eigenvalue weighted by Crippen LogP contribution is -2.24. The van der Waals surface area contributed by atoms with Gasteiger partial charge in [0.05, 0.1) is 0 Å². The van der Waals surface area contributed by atoms with Gasteiger partial charge in [-0.05, 0) is 23.3 Å². The molecule has 1 aliphatic heterocycles. The minimum atomic E-state index is -0.282. The number of carbonyl (C=O) groups is 1. The molecule has 0 saturated heterocycles. The van der Waals surface area contributed by atoms with Crippen molar-refractivity contribution in [2.75, 3.05) is 0 Å². The summed E-state index contributed by atoms with van der Waals surface area (Å²) in [5.74, 6) is -0.282. The number of rotatable bonds is 1. The molecule has 0 aliphatic carbocycles. The lowest BCUT2D eigenvalue weighted by atomic mass is 9.68. The van der Waals surface area contributed by atoms with Crippen molar-refractivity contribution < 1.29 is 4.79 Å². The molecule has 2 aromatic rings. The van der Waals surface area contributed by atoms with E-state index in [1.54, 1.807) is 12.3 Å². The maximum absolute atomic E-state index is 11.4. The number of aromatic nitrogens is 1. The third kappa shape index (κ3) is 1.55. The van der Waals surface area contributed by atoms with Crippen molar-refractivity contribution in [2.45, 2.75) is 0 Å². The average molecular weight is 217 g/mol. The van der Waals surface area contributed by atoms with Crippen LogP contribution in [0, 0.1) is 0 Å². The molecular weight excluding hydrogens is 210 g/mol. The van der Waals surface area contributed by atoms with Crippen LogP contribution in [0.1, 0.15) is 10.4 Å². The van der Waals surface area contributed by atoms with Gasteiger partial charge in [0.2, 0.25) is 13.9 Å². The van der Waals surface area contributed by atoms with Crippen molar-refractivity contribution >= 4 is 32.1 Å². The Hall–Kier alpha value is -2.03. The topological polar surface area (TPSA) is 42.0 Å². The monoisotopic (exact) mass is 217 g/mol. The molecule has 3 nitrogen and oxygen atoms in total. The lowest BCUT2D eigenvalue weighted by molar-refractivity contribution is 0.0981. The molecule has 0 bridgehead atoms. The molecule has 5 heteroatoms. The van der Waals surface area contributed by atoms with Gasteiger partial charge in [0, 0.05) is 18.0 Å². The van der Waals surface area contributed by atoms with Crippen LogP contribution >= 0.6 is 0 Å². The predicted octanol–water partition coefficient (Wildman–Crippen LogP) is -0.470. The zero-order chi connectivity index (χ0) is 11.8. The summed E-state index contributed by atoms with van der Waals surface area (Å²) >= 11 is 0. The standard InChI is InChI=1S/C12H7B2N2O/c13-16-12(17)7-1-2-8-9-3-4-15-6-11(9)14-10(8)5-7/h1-6H,(H,16,17). The Balaban J connectivity index is 2.10. The molecule has 17 heavy (non-hydrogen) atoms. The molecule has 1 N–H and O–H groups in total. The number of benzene rings is 1. The second-order valence-electron chi connectivity index (χ2n) is 3.88. The summed E-state index contributed by atoms with van der Waals surface area (Å²) in [4.78, 5) is 15.5. The summed E-state index contributed by atoms with van der Waals surface area (Å²) in [6.07, 6.45) is 3.58. The molecule has 77 valence electrons. The van der Waals surface area contributed by atoms with Crippen LogP contribution in [-0.4, -0.2) is 26.2 Å². The Kier molecular flexibility index (Phi) is 2.25. The Labute approximate surface area is 101 Å². The largest absolute Gasteiger partial charge is 0.405 e. The summed E-state index contributed by atoms with van der Waals surface area (Å²) < 4.78 is 0. The maximum Gasteiger partial charge on any atom is 0.238 e. The number of hydrogen-bond acceptors (Lipinski definition) is 2. The number of carbonyl (C=O) groups excluding carboxylic acids is 1. The van der Waals surface area contributed by atoms with Gasteiger partial charge >= 0.3 is 0 Å². The first kappa shape index (κ1) is 10.1. The van der Waals surface area contributed by atoms with E-state index < -0.39 is 0 Å². The van der Waals surface area contributed by atoms with Crippen LogP contribution in [0.2, 0.25) is 0 Å². The second-order valence-corrected chi connectivity index (χ2v) is 3.88. The Morgan fingerprint density at radius 3 is 2.88 bits per heavy atom. The fraction of sp³-hybridized carbons (Fsp3) is 0. The summed E-state index contributed by atoms with van der Waals surface area (Å²) in [5, 5.41) is 2.13. The molecule has 0 fully saturated rings. The first-order chi connectivity index (χ1) is 8.29. The van der Waals surface area contributed by atoms with Gasteiger partial charge in [0.15, 0.2) is 7.28 Å². The summed E-state index contributed by atoms with van der Waals surface area (Å²) in [5.41, 5.74) is 4.93. The fourth-order valence-electron chi connectivity index (χ4n) is 2.09. The normalized spacial score (nSPS) is 11.3. The van der Waals surface area contributed by atoms with Gasteiger partial charge in [-0.15, -0.1) is 0 Å². The lowest BCUT2D eigenvalue weighted by Gasteiger charge is -2.04. The van der Waals surface area contributed by atoms with Crippen LogP contribution < -0.4 is 16.2 Å². The van der Waals surface area contributed by atoms with Crippen molar-refractivity contribution in [1.29, 1.82) is 0 Å². The summed E-state index contributed by atoms with van der Waals surface area (Å²) in [6, 6.07) is 7.50. The predicted molar refractivity (Wildman–Crippen MR) is 67.9 cm³/mol. The van der Waals surface area contributed by atoms with Gasteiger partial charge in [-0.1, -0.05) is 23.1 Å². The molecule has 0 atom stereocenters. The number of nitrogens with zero attached hydrogens (tertiary/aromatic N) is 1. The fourth-order valence-corrected chi connectivity index (χ4v) is 2.09. The van der Waals surface area contributed by atoms with Gasteiger partial charge in [-0.25, -0.2) is 0 Å². The van der Waals surface area contributed by atoms with Crippen molar-refractivity contribution in [3.05, 3.63) is 42.2 Å². The maximum atomic E-state index is 11.4. The van der Waals surface area contributed by atoms with Crippen molar-refractivity contribution in [1.82, 2.24) is 10.2 Å². The molecule has 1 amide bonds. The van der Waals surface area contributed by atoms with Crippen LogP contribution in [0.3, 0.4) is 0 Å². The number of hydrogen-bond donors (Lipinski definition) is 1. The molecule has 2 heterocycles. The molecule has 1 aromatic heterocycles. The second kappa shape index (κ2) is 3.77. The zero-order valence-electron chi connectivity index (χ0n) is 8.97. The third-order valence-electron chi connectivity index (χ3n) is 2.90. The van der Waals surface area contributed by atoms with E-state index in [-0.39, 0.29) is 5.91 Å². The van der Waals surface area contributed by atoms with Crippen molar-refractivity contribution in [3.8, 4) is 11.1 Å². The van der Waals surface area contributed by atoms with Crippen LogP contribution in [0.15, 0.2) is 36.7 Å². The minimum absolute atomic E-state index is 0.282. The Morgan fingerprint density at radius 1 is 1.24 bits per heavy atom. The van der Waals surface area contributed by atoms with Gasteiger partial charge in [0.25, 0.3) is 0 Å². The van der Waals surface area contributed by atoms with Gasteiger partial charge in [-0.2, -0.15) is 0 Å². The molecule has 0 unspecified atom stereocenters. The van der Waals surface area contributed by atoms with E-state index in [9.17, 15) is 4.79 Å². The van der Waals surface area contributed by atoms with E-state index in [0.29, 0.717) is 5.56 Å². The zero-order valence-corrected chi connectivity index (χ0v) is 8.97. The van der Waals surface area contributed by atoms with E-state index in [0.717, 1.165) is 22.1 Å². The number of fused-ring (bicyclic) bond motifs is 3. The quantitative estimate of drug-likeness (QED) is 0.559. The van der Waals surface area contributed by atoms with Gasteiger partial charge < -0.3 is 5.23 Å². The molecule has 0 saturated carbocycles. The number of pyridine rings is 1. The first-order valence-corrected chi connectivity index (χ1v) is 5.24. The molecule has 0 spiro atoms. The van der Waals surface area contributed by atoms with E-state index in [1.807, 2.05) is 31.7 Å². The van der Waals surface area contributed by atoms with E-state index in [1.165, 1.54) is 0 Å². The number of nitrogens with one attached hydrogen (secondary N) is 1. The van der Waals surface area contributed by atoms with E-state index in [4.69, 9.17) is 7.98 Å². The highest BCUT2D eigenvalue weighted by Gasteiger charge is 2.20. The molecule has 1 aliphatic rings.